The zero-order chi connectivity index (χ0) is 7.11. The van der Waals surface area contributed by atoms with E-state index in [0.717, 1.165) is 6.21 Å². The van der Waals surface area contributed by atoms with Gasteiger partial charge in [0, 0.05) is 12.6 Å². The van der Waals surface area contributed by atoms with Gasteiger partial charge in [-0.2, -0.15) is 0 Å². The second-order valence-corrected chi connectivity index (χ2v) is 1.47. The summed E-state index contributed by atoms with van der Waals surface area (Å²) in [5, 5.41) is 6.59. The molecular formula is C5H10FN3. The lowest BCUT2D eigenvalue weighted by Crippen LogP contribution is -2.12. The normalized spacial score (nSPS) is 11.4. The number of halogens is 1. The average molecular weight is 131 g/mol. The molecule has 0 amide bonds. The highest BCUT2D eigenvalue weighted by Crippen LogP contribution is 1.76. The Morgan fingerprint density at radius 3 is 2.89 bits per heavy atom. The molecule has 0 saturated carbocycles. The lowest BCUT2D eigenvalue weighted by molar-refractivity contribution is 0.504. The average Bonchev–Trinajstić information content (AvgIpc) is 1.85. The van der Waals surface area contributed by atoms with E-state index in [2.05, 4.69) is 4.99 Å². The summed E-state index contributed by atoms with van der Waals surface area (Å²) in [7, 11) is 0. The van der Waals surface area contributed by atoms with Crippen LogP contribution in [-0.4, -0.2) is 25.3 Å². The summed E-state index contributed by atoms with van der Waals surface area (Å²) in [6.07, 6.45) is 1.46. The van der Waals surface area contributed by atoms with E-state index in [1.54, 1.807) is 0 Å². The molecule has 0 aliphatic heterocycles. The molecule has 0 rings (SSSR count). The van der Waals surface area contributed by atoms with E-state index in [-0.39, 0.29) is 6.54 Å². The largest absolute Gasteiger partial charge is 0.387 e. The van der Waals surface area contributed by atoms with Gasteiger partial charge in [0.05, 0.1) is 12.4 Å². The van der Waals surface area contributed by atoms with E-state index >= 15 is 0 Å². The summed E-state index contributed by atoms with van der Waals surface area (Å²) in [6, 6.07) is 0. The second kappa shape index (κ2) is 5.21. The Balaban J connectivity index is 3.42. The fraction of sp³-hybridized carbons (Fsp3) is 0.600. The number of nitrogens with zero attached hydrogens (tertiary/aromatic N) is 1. The van der Waals surface area contributed by atoms with Gasteiger partial charge in [-0.25, -0.2) is 4.39 Å². The van der Waals surface area contributed by atoms with Crippen LogP contribution in [0.1, 0.15) is 6.42 Å². The molecule has 3 N–H and O–H groups in total. The number of aliphatic imine (C=N–C) groups is 1. The molecule has 3 nitrogen and oxygen atoms in total. The molecule has 0 atom stereocenters. The molecule has 52 valence electrons. The first-order valence-corrected chi connectivity index (χ1v) is 2.65. The van der Waals surface area contributed by atoms with Crippen LogP contribution < -0.4 is 5.73 Å². The van der Waals surface area contributed by atoms with Crippen LogP contribution in [0.5, 0.6) is 0 Å². The van der Waals surface area contributed by atoms with Crippen molar-refractivity contribution >= 4 is 12.1 Å². The van der Waals surface area contributed by atoms with Gasteiger partial charge in [0.1, 0.15) is 6.67 Å². The quantitative estimate of drug-likeness (QED) is 0.419. The van der Waals surface area contributed by atoms with Gasteiger partial charge < -0.3 is 11.1 Å². The SMILES string of the molecule is N=CCC(N)=NCCF. The monoisotopic (exact) mass is 131 g/mol. The van der Waals surface area contributed by atoms with Gasteiger partial charge in [0.2, 0.25) is 0 Å². The van der Waals surface area contributed by atoms with Crippen molar-refractivity contribution in [2.45, 2.75) is 6.42 Å². The van der Waals surface area contributed by atoms with Gasteiger partial charge in [-0.05, 0) is 0 Å². The molecular weight excluding hydrogens is 121 g/mol. The molecule has 0 aliphatic rings. The van der Waals surface area contributed by atoms with Gasteiger partial charge in [-0.3, -0.25) is 4.99 Å². The topological polar surface area (TPSA) is 62.2 Å². The number of nitrogens with one attached hydrogen (secondary N) is 1. The van der Waals surface area contributed by atoms with E-state index in [0.29, 0.717) is 12.3 Å². The summed E-state index contributed by atoms with van der Waals surface area (Å²) >= 11 is 0. The number of hydrogen-bond acceptors (Lipinski definition) is 2. The maximum Gasteiger partial charge on any atom is 0.109 e. The molecule has 0 spiro atoms. The standard InChI is InChI=1S/C5H10FN3/c6-2-4-9-5(8)1-3-7/h3,7H,1-2,4H2,(H2,8,9). The number of nitrogens with two attached hydrogens (primary N) is 1. The van der Waals surface area contributed by atoms with Crippen LogP contribution in [0, 0.1) is 5.41 Å². The smallest absolute Gasteiger partial charge is 0.109 e. The summed E-state index contributed by atoms with van der Waals surface area (Å²) in [6.45, 7) is -0.377. The highest BCUT2D eigenvalue weighted by atomic mass is 19.1. The molecule has 0 fully saturated rings. The van der Waals surface area contributed by atoms with E-state index in [9.17, 15) is 4.39 Å². The van der Waals surface area contributed by atoms with Gasteiger partial charge in [-0.1, -0.05) is 0 Å². The van der Waals surface area contributed by atoms with Crippen molar-refractivity contribution in [2.24, 2.45) is 10.7 Å². The first kappa shape index (κ1) is 8.07. The molecule has 4 heteroatoms. The zero-order valence-electron chi connectivity index (χ0n) is 5.10. The van der Waals surface area contributed by atoms with E-state index in [1.807, 2.05) is 0 Å². The molecule has 0 aromatic heterocycles. The third-order valence-electron chi connectivity index (χ3n) is 0.711. The summed E-state index contributed by atoms with van der Waals surface area (Å²) in [5.74, 6) is 0.322. The minimum Gasteiger partial charge on any atom is -0.387 e. The van der Waals surface area contributed by atoms with Crippen molar-refractivity contribution in [1.29, 1.82) is 5.41 Å². The fourth-order valence-corrected chi connectivity index (χ4v) is 0.355. The Bertz CT molecular complexity index is 111. The molecule has 0 aromatic carbocycles. The Morgan fingerprint density at radius 1 is 1.78 bits per heavy atom. The lowest BCUT2D eigenvalue weighted by atomic mass is 10.4. The molecule has 0 unspecified atom stereocenters. The maximum atomic E-state index is 11.4. The van der Waals surface area contributed by atoms with Crippen LogP contribution in [0.2, 0.25) is 0 Å². The van der Waals surface area contributed by atoms with Crippen molar-refractivity contribution in [1.82, 2.24) is 0 Å². The molecule has 0 radical (unpaired) electrons. The molecule has 0 heterocycles. The van der Waals surface area contributed by atoms with Gasteiger partial charge in [0.25, 0.3) is 0 Å². The van der Waals surface area contributed by atoms with Crippen molar-refractivity contribution in [3.8, 4) is 0 Å². The molecule has 0 bridgehead atoms. The number of alkyl halides is 1. The molecule has 0 aromatic rings. The molecule has 0 saturated heterocycles. The van der Waals surface area contributed by atoms with E-state index in [1.165, 1.54) is 0 Å². The van der Waals surface area contributed by atoms with Crippen molar-refractivity contribution in [3.63, 3.8) is 0 Å². The van der Waals surface area contributed by atoms with Crippen LogP contribution in [0.25, 0.3) is 0 Å². The number of rotatable bonds is 4. The Labute approximate surface area is 53.3 Å². The van der Waals surface area contributed by atoms with Gasteiger partial charge >= 0.3 is 0 Å². The minimum atomic E-state index is -0.487. The molecule has 0 aliphatic carbocycles. The Kier molecular flexibility index (Phi) is 4.67. The number of hydrogen-bond donors (Lipinski definition) is 2. The van der Waals surface area contributed by atoms with Crippen LogP contribution in [0.3, 0.4) is 0 Å². The number of amidine groups is 1. The summed E-state index contributed by atoms with van der Waals surface area (Å²) in [4.78, 5) is 3.60. The maximum absolute atomic E-state index is 11.4. The summed E-state index contributed by atoms with van der Waals surface area (Å²) in [5.41, 5.74) is 5.20. The van der Waals surface area contributed by atoms with Crippen LogP contribution >= 0.6 is 0 Å². The predicted octanol–water partition coefficient (Wildman–Crippen LogP) is 0.353. The van der Waals surface area contributed by atoms with Crippen LogP contribution in [0.4, 0.5) is 4.39 Å². The summed E-state index contributed by atoms with van der Waals surface area (Å²) < 4.78 is 11.4. The minimum absolute atomic E-state index is 0.111. The van der Waals surface area contributed by atoms with Crippen LogP contribution in [0.15, 0.2) is 4.99 Å². The van der Waals surface area contributed by atoms with Crippen molar-refractivity contribution in [3.05, 3.63) is 0 Å². The Hall–Kier alpha value is -0.930. The molecule has 9 heavy (non-hydrogen) atoms. The van der Waals surface area contributed by atoms with E-state index < -0.39 is 6.67 Å². The fourth-order valence-electron chi connectivity index (χ4n) is 0.355. The van der Waals surface area contributed by atoms with Crippen molar-refractivity contribution < 1.29 is 4.39 Å². The van der Waals surface area contributed by atoms with Gasteiger partial charge in [-0.15, -0.1) is 0 Å². The second-order valence-electron chi connectivity index (χ2n) is 1.47. The third kappa shape index (κ3) is 4.93. The van der Waals surface area contributed by atoms with Crippen molar-refractivity contribution in [2.75, 3.05) is 13.2 Å². The highest BCUT2D eigenvalue weighted by molar-refractivity contribution is 5.91. The highest BCUT2D eigenvalue weighted by Gasteiger charge is 1.85. The lowest BCUT2D eigenvalue weighted by Gasteiger charge is -1.91. The predicted molar refractivity (Wildman–Crippen MR) is 35.9 cm³/mol. The third-order valence-corrected chi connectivity index (χ3v) is 0.711. The van der Waals surface area contributed by atoms with E-state index in [4.69, 9.17) is 11.1 Å². The van der Waals surface area contributed by atoms with Gasteiger partial charge in [0.15, 0.2) is 0 Å². The zero-order valence-corrected chi connectivity index (χ0v) is 5.10. The Morgan fingerprint density at radius 2 is 2.44 bits per heavy atom. The first-order valence-electron chi connectivity index (χ1n) is 2.65. The van der Waals surface area contributed by atoms with Crippen LogP contribution in [-0.2, 0) is 0 Å². The first-order chi connectivity index (χ1) is 4.31.